The fraction of sp³-hybridized carbons (Fsp3) is 0.0714. The van der Waals surface area contributed by atoms with Crippen LogP contribution in [0.15, 0.2) is 107 Å². The molecular weight excluding hydrogens is 470 g/mol. The molecule has 7 nitrogen and oxygen atoms in total. The third-order valence-electron chi connectivity index (χ3n) is 5.94. The van der Waals surface area contributed by atoms with Gasteiger partial charge in [-0.2, -0.15) is 15.1 Å². The zero-order valence-corrected chi connectivity index (χ0v) is 20.0. The van der Waals surface area contributed by atoms with Gasteiger partial charge in [0.1, 0.15) is 17.4 Å². The lowest BCUT2D eigenvalue weighted by Gasteiger charge is -2.20. The van der Waals surface area contributed by atoms with E-state index in [4.69, 9.17) is 10.1 Å². The Morgan fingerprint density at radius 1 is 0.944 bits per heavy atom. The van der Waals surface area contributed by atoms with E-state index in [9.17, 15) is 4.79 Å². The maximum Gasteiger partial charge on any atom is 0.283 e. The molecule has 1 aromatic heterocycles. The lowest BCUT2D eigenvalue weighted by atomic mass is 10.1. The van der Waals surface area contributed by atoms with Crippen molar-refractivity contribution in [2.24, 2.45) is 10.1 Å². The lowest BCUT2D eigenvalue weighted by molar-refractivity contribution is -0.114. The van der Waals surface area contributed by atoms with Crippen LogP contribution in [0.3, 0.4) is 0 Å². The van der Waals surface area contributed by atoms with E-state index in [1.807, 2.05) is 91.1 Å². The first-order chi connectivity index (χ1) is 17.7. The van der Waals surface area contributed by atoms with Crippen LogP contribution in [0.1, 0.15) is 11.1 Å². The number of fused-ring (bicyclic) bond motifs is 2. The highest BCUT2D eigenvalue weighted by molar-refractivity contribution is 8.27. The third-order valence-corrected chi connectivity index (χ3v) is 6.90. The second-order valence-electron chi connectivity index (χ2n) is 8.25. The Kier molecular flexibility index (Phi) is 5.71. The van der Waals surface area contributed by atoms with Gasteiger partial charge in [-0.1, -0.05) is 66.7 Å². The molecule has 0 aliphatic carbocycles. The molecule has 0 radical (unpaired) electrons. The molecule has 1 amide bonds. The van der Waals surface area contributed by atoms with Crippen molar-refractivity contribution >= 4 is 50.7 Å². The van der Waals surface area contributed by atoms with E-state index in [1.165, 1.54) is 16.8 Å². The maximum atomic E-state index is 13.0. The molecule has 1 N–H and O–H groups in total. The molecule has 6 rings (SSSR count). The average molecular weight is 492 g/mol. The predicted molar refractivity (Wildman–Crippen MR) is 144 cm³/mol. The molecule has 0 bridgehead atoms. The molecule has 0 saturated carbocycles. The number of thioether (sulfide) groups is 1. The van der Waals surface area contributed by atoms with Gasteiger partial charge in [-0.15, -0.1) is 0 Å². The van der Waals surface area contributed by atoms with E-state index in [2.05, 4.69) is 14.7 Å². The maximum absolute atomic E-state index is 13.0. The van der Waals surface area contributed by atoms with Crippen LogP contribution < -0.4 is 4.74 Å². The smallest absolute Gasteiger partial charge is 0.283 e. The Labute approximate surface area is 211 Å². The molecule has 3 aromatic carbocycles. The summed E-state index contributed by atoms with van der Waals surface area (Å²) in [7, 11) is 0. The molecule has 36 heavy (non-hydrogen) atoms. The zero-order chi connectivity index (χ0) is 24.5. The van der Waals surface area contributed by atoms with Crippen molar-refractivity contribution in [1.82, 2.24) is 9.58 Å². The summed E-state index contributed by atoms with van der Waals surface area (Å²) in [5, 5.41) is 16.8. The van der Waals surface area contributed by atoms with Crippen molar-refractivity contribution < 1.29 is 9.53 Å². The summed E-state index contributed by atoms with van der Waals surface area (Å²) in [6, 6.07) is 27.4. The first kappa shape index (κ1) is 22.1. The number of rotatable bonds is 6. The van der Waals surface area contributed by atoms with Crippen LogP contribution in [-0.4, -0.2) is 38.1 Å². The number of hydrogen-bond donors (Lipinski definition) is 1. The normalized spacial score (nSPS) is 16.3. The van der Waals surface area contributed by atoms with Crippen LogP contribution in [0.5, 0.6) is 5.75 Å². The first-order valence-corrected chi connectivity index (χ1v) is 12.3. The van der Waals surface area contributed by atoms with Crippen molar-refractivity contribution in [2.45, 2.75) is 6.54 Å². The van der Waals surface area contributed by atoms with Gasteiger partial charge < -0.3 is 9.30 Å². The Hall–Kier alpha value is -4.43. The SMILES string of the molecule is N=C1/C(=C/c2cn(CCOc3ccccc3)c3ccccc23)C(=O)N=C2SC(c3ccccc3)=NN12. The number of hydrazone groups is 1. The number of nitrogens with one attached hydrogen (secondary N) is 1. The van der Waals surface area contributed by atoms with Gasteiger partial charge in [0.05, 0.1) is 12.1 Å². The van der Waals surface area contributed by atoms with Gasteiger partial charge in [0.25, 0.3) is 5.91 Å². The fourth-order valence-corrected chi connectivity index (χ4v) is 5.10. The van der Waals surface area contributed by atoms with Crippen molar-refractivity contribution in [3.05, 3.63) is 108 Å². The van der Waals surface area contributed by atoms with Gasteiger partial charge in [-0.05, 0) is 36.0 Å². The van der Waals surface area contributed by atoms with Crippen molar-refractivity contribution in [3.8, 4) is 5.75 Å². The van der Waals surface area contributed by atoms with Gasteiger partial charge in [-0.3, -0.25) is 10.2 Å². The molecule has 0 saturated heterocycles. The van der Waals surface area contributed by atoms with Gasteiger partial charge in [-0.25, -0.2) is 0 Å². The van der Waals surface area contributed by atoms with Crippen LogP contribution in [0.25, 0.3) is 17.0 Å². The molecule has 0 unspecified atom stereocenters. The Morgan fingerprint density at radius 3 is 2.47 bits per heavy atom. The minimum atomic E-state index is -0.437. The standard InChI is InChI=1S/C28H21N5O2S/c29-25-23(26(34)30-28-33(25)31-27(36-28)19-9-3-1-4-10-19)17-20-18-32(24-14-8-7-13-22(20)24)15-16-35-21-11-5-2-6-12-21/h1-14,17-18,29H,15-16H2/b23-17-,29-25?. The summed E-state index contributed by atoms with van der Waals surface area (Å²) < 4.78 is 7.98. The highest BCUT2D eigenvalue weighted by Crippen LogP contribution is 2.32. The number of amides is 1. The molecule has 8 heteroatoms. The second kappa shape index (κ2) is 9.31. The Balaban J connectivity index is 1.29. The topological polar surface area (TPSA) is 83.0 Å². The molecule has 0 spiro atoms. The number of hydrogen-bond acceptors (Lipinski definition) is 5. The van der Waals surface area contributed by atoms with Gasteiger partial charge in [0, 0.05) is 28.2 Å². The van der Waals surface area contributed by atoms with E-state index in [1.54, 1.807) is 6.08 Å². The van der Waals surface area contributed by atoms with Crippen LogP contribution >= 0.6 is 11.8 Å². The number of ether oxygens (including phenoxy) is 1. The first-order valence-electron chi connectivity index (χ1n) is 11.5. The number of aliphatic imine (C=N–C) groups is 1. The number of benzene rings is 3. The molecular formula is C28H21N5O2S. The van der Waals surface area contributed by atoms with Gasteiger partial charge in [0.15, 0.2) is 5.84 Å². The molecule has 0 fully saturated rings. The molecule has 0 atom stereocenters. The summed E-state index contributed by atoms with van der Waals surface area (Å²) in [6.07, 6.45) is 3.73. The number of amidine groups is 2. The van der Waals surface area contributed by atoms with Crippen molar-refractivity contribution in [2.75, 3.05) is 6.61 Å². The Bertz CT molecular complexity index is 1570. The molecule has 4 aromatic rings. The van der Waals surface area contributed by atoms with E-state index < -0.39 is 5.91 Å². The minimum absolute atomic E-state index is 0.0210. The van der Waals surface area contributed by atoms with Gasteiger partial charge in [0.2, 0.25) is 5.17 Å². The van der Waals surface area contributed by atoms with Crippen LogP contribution in [0.2, 0.25) is 0 Å². The predicted octanol–water partition coefficient (Wildman–Crippen LogP) is 5.39. The van der Waals surface area contributed by atoms with E-state index in [-0.39, 0.29) is 11.4 Å². The summed E-state index contributed by atoms with van der Waals surface area (Å²) >= 11 is 1.30. The molecule has 2 aliphatic heterocycles. The second-order valence-corrected chi connectivity index (χ2v) is 9.20. The Morgan fingerprint density at radius 2 is 1.67 bits per heavy atom. The van der Waals surface area contributed by atoms with Crippen molar-refractivity contribution in [3.63, 3.8) is 0 Å². The number of para-hydroxylation sites is 2. The number of carbonyl (C=O) groups excluding carboxylic acids is 1. The zero-order valence-electron chi connectivity index (χ0n) is 19.2. The van der Waals surface area contributed by atoms with Crippen LogP contribution in [0, 0.1) is 5.41 Å². The van der Waals surface area contributed by atoms with E-state index in [0.717, 1.165) is 27.8 Å². The summed E-state index contributed by atoms with van der Waals surface area (Å²) in [6.45, 7) is 1.14. The van der Waals surface area contributed by atoms with E-state index >= 15 is 0 Å². The van der Waals surface area contributed by atoms with E-state index in [0.29, 0.717) is 23.4 Å². The molecule has 176 valence electrons. The molecule has 3 heterocycles. The van der Waals surface area contributed by atoms with Gasteiger partial charge >= 0.3 is 0 Å². The highest BCUT2D eigenvalue weighted by atomic mass is 32.2. The highest BCUT2D eigenvalue weighted by Gasteiger charge is 2.36. The number of carbonyl (C=O) groups is 1. The monoisotopic (exact) mass is 491 g/mol. The lowest BCUT2D eigenvalue weighted by Crippen LogP contribution is -2.35. The van der Waals surface area contributed by atoms with Crippen LogP contribution in [-0.2, 0) is 11.3 Å². The average Bonchev–Trinajstić information content (AvgIpc) is 3.50. The van der Waals surface area contributed by atoms with Crippen LogP contribution in [0.4, 0.5) is 0 Å². The minimum Gasteiger partial charge on any atom is -0.492 e. The summed E-state index contributed by atoms with van der Waals surface area (Å²) in [4.78, 5) is 17.2. The number of aromatic nitrogens is 1. The van der Waals surface area contributed by atoms with Crippen molar-refractivity contribution in [1.29, 1.82) is 5.41 Å². The quantitative estimate of drug-likeness (QED) is 0.367. The third kappa shape index (κ3) is 4.12. The largest absolute Gasteiger partial charge is 0.492 e. The summed E-state index contributed by atoms with van der Waals surface area (Å²) in [5.74, 6) is 0.408. The summed E-state index contributed by atoms with van der Waals surface area (Å²) in [5.41, 5.74) is 3.00. The number of nitrogens with zero attached hydrogens (tertiary/aromatic N) is 4. The molecule has 2 aliphatic rings. The fourth-order valence-electron chi connectivity index (χ4n) is 4.20.